The number of hydrogen-bond acceptors (Lipinski definition) is 5. The molecule has 0 bridgehead atoms. The molecule has 0 fully saturated rings. The van der Waals surface area contributed by atoms with E-state index in [0.717, 1.165) is 21.1 Å². The molecule has 130 valence electrons. The standard InChI is InChI=1S/C18H17BrN2O3S/c1-3-11-7-8-13(12(19)9-11)24-10-16(22)20-18-21-17-14(23-2)5-4-6-15(17)25-18/h4-9H,3,10H2,1-2H3,(H,20,21,22). The molecular formula is C18H17BrN2O3S. The number of amides is 1. The normalized spacial score (nSPS) is 10.7. The van der Waals surface area contributed by atoms with Crippen molar-refractivity contribution in [3.05, 3.63) is 46.4 Å². The molecular weight excluding hydrogens is 404 g/mol. The summed E-state index contributed by atoms with van der Waals surface area (Å²) in [5.41, 5.74) is 1.94. The van der Waals surface area contributed by atoms with Gasteiger partial charge in [-0.3, -0.25) is 10.1 Å². The van der Waals surface area contributed by atoms with Crippen LogP contribution in [0.25, 0.3) is 10.2 Å². The molecule has 25 heavy (non-hydrogen) atoms. The van der Waals surface area contributed by atoms with Crippen LogP contribution in [0, 0.1) is 0 Å². The Morgan fingerprint density at radius 2 is 2.12 bits per heavy atom. The Morgan fingerprint density at radius 3 is 2.84 bits per heavy atom. The summed E-state index contributed by atoms with van der Waals surface area (Å²) in [6.45, 7) is 2.00. The number of aryl methyl sites for hydroxylation is 1. The van der Waals surface area contributed by atoms with Crippen LogP contribution >= 0.6 is 27.3 Å². The molecule has 1 N–H and O–H groups in total. The number of ether oxygens (including phenoxy) is 2. The fourth-order valence-corrected chi connectivity index (χ4v) is 3.76. The van der Waals surface area contributed by atoms with Gasteiger partial charge in [0.2, 0.25) is 0 Å². The van der Waals surface area contributed by atoms with E-state index in [0.29, 0.717) is 16.6 Å². The zero-order chi connectivity index (χ0) is 17.8. The summed E-state index contributed by atoms with van der Waals surface area (Å²) in [6, 6.07) is 11.5. The third kappa shape index (κ3) is 4.11. The lowest BCUT2D eigenvalue weighted by Gasteiger charge is -2.08. The van der Waals surface area contributed by atoms with Crippen molar-refractivity contribution in [1.82, 2.24) is 4.98 Å². The highest BCUT2D eigenvalue weighted by Crippen LogP contribution is 2.32. The number of methoxy groups -OCH3 is 1. The number of benzene rings is 2. The average molecular weight is 421 g/mol. The van der Waals surface area contributed by atoms with Crippen molar-refractivity contribution in [3.8, 4) is 11.5 Å². The molecule has 5 nitrogen and oxygen atoms in total. The summed E-state index contributed by atoms with van der Waals surface area (Å²) < 4.78 is 12.7. The minimum atomic E-state index is -0.260. The largest absolute Gasteiger partial charge is 0.494 e. The lowest BCUT2D eigenvalue weighted by molar-refractivity contribution is -0.118. The molecule has 7 heteroatoms. The summed E-state index contributed by atoms with van der Waals surface area (Å²) in [5, 5.41) is 3.29. The minimum absolute atomic E-state index is 0.0862. The Morgan fingerprint density at radius 1 is 1.28 bits per heavy atom. The van der Waals surface area contributed by atoms with E-state index in [9.17, 15) is 4.79 Å². The number of fused-ring (bicyclic) bond motifs is 1. The molecule has 0 unspecified atom stereocenters. The van der Waals surface area contributed by atoms with Gasteiger partial charge in [-0.2, -0.15) is 0 Å². The summed E-state index contributed by atoms with van der Waals surface area (Å²) in [6.07, 6.45) is 0.945. The van der Waals surface area contributed by atoms with Gasteiger partial charge >= 0.3 is 0 Å². The number of halogens is 1. The second kappa shape index (κ2) is 7.84. The van der Waals surface area contributed by atoms with Gasteiger partial charge in [-0.05, 0) is 52.2 Å². The topological polar surface area (TPSA) is 60.5 Å². The van der Waals surface area contributed by atoms with Crippen molar-refractivity contribution in [2.75, 3.05) is 19.0 Å². The number of nitrogens with zero attached hydrogens (tertiary/aromatic N) is 1. The van der Waals surface area contributed by atoms with Crippen molar-refractivity contribution in [3.63, 3.8) is 0 Å². The predicted molar refractivity (Wildman–Crippen MR) is 104 cm³/mol. The Labute approximate surface area is 158 Å². The maximum Gasteiger partial charge on any atom is 0.264 e. The van der Waals surface area contributed by atoms with E-state index in [-0.39, 0.29) is 12.5 Å². The molecule has 0 spiro atoms. The van der Waals surface area contributed by atoms with Crippen molar-refractivity contribution in [1.29, 1.82) is 0 Å². The third-order valence-corrected chi connectivity index (χ3v) is 5.17. The maximum atomic E-state index is 12.1. The van der Waals surface area contributed by atoms with Crippen LogP contribution in [0.2, 0.25) is 0 Å². The number of hydrogen-bond donors (Lipinski definition) is 1. The van der Waals surface area contributed by atoms with Gasteiger partial charge in [-0.1, -0.05) is 30.4 Å². The predicted octanol–water partition coefficient (Wildman–Crippen LogP) is 4.65. The summed E-state index contributed by atoms with van der Waals surface area (Å²) in [5.74, 6) is 1.06. The van der Waals surface area contributed by atoms with Crippen molar-refractivity contribution >= 4 is 48.5 Å². The van der Waals surface area contributed by atoms with Crippen LogP contribution in [-0.4, -0.2) is 24.6 Å². The Kier molecular flexibility index (Phi) is 5.55. The zero-order valence-corrected chi connectivity index (χ0v) is 16.2. The van der Waals surface area contributed by atoms with Crippen LogP contribution in [0.1, 0.15) is 12.5 Å². The monoisotopic (exact) mass is 420 g/mol. The van der Waals surface area contributed by atoms with E-state index in [1.807, 2.05) is 36.4 Å². The summed E-state index contributed by atoms with van der Waals surface area (Å²) >= 11 is 4.86. The van der Waals surface area contributed by atoms with E-state index in [4.69, 9.17) is 9.47 Å². The Hall–Kier alpha value is -2.12. The summed E-state index contributed by atoms with van der Waals surface area (Å²) in [7, 11) is 1.60. The Balaban J connectivity index is 1.65. The molecule has 0 atom stereocenters. The number of aromatic nitrogens is 1. The molecule has 0 aliphatic carbocycles. The van der Waals surface area contributed by atoms with E-state index < -0.39 is 0 Å². The van der Waals surface area contributed by atoms with Crippen molar-refractivity contribution < 1.29 is 14.3 Å². The number of nitrogens with one attached hydrogen (secondary N) is 1. The molecule has 3 aromatic rings. The number of carbonyl (C=O) groups is 1. The van der Waals surface area contributed by atoms with Crippen molar-refractivity contribution in [2.45, 2.75) is 13.3 Å². The minimum Gasteiger partial charge on any atom is -0.494 e. The first-order valence-corrected chi connectivity index (χ1v) is 9.36. The molecule has 3 rings (SSSR count). The van der Waals surface area contributed by atoms with Gasteiger partial charge in [-0.25, -0.2) is 4.98 Å². The van der Waals surface area contributed by atoms with Gasteiger partial charge in [0.25, 0.3) is 5.91 Å². The number of para-hydroxylation sites is 1. The Bertz CT molecular complexity index is 910. The zero-order valence-electron chi connectivity index (χ0n) is 13.8. The van der Waals surface area contributed by atoms with E-state index >= 15 is 0 Å². The average Bonchev–Trinajstić information content (AvgIpc) is 3.02. The first-order valence-electron chi connectivity index (χ1n) is 7.75. The van der Waals surface area contributed by atoms with Crippen molar-refractivity contribution in [2.24, 2.45) is 0 Å². The number of thiazole rings is 1. The maximum absolute atomic E-state index is 12.1. The smallest absolute Gasteiger partial charge is 0.264 e. The van der Waals surface area contributed by atoms with Gasteiger partial charge in [0.15, 0.2) is 11.7 Å². The molecule has 0 aliphatic heterocycles. The molecule has 0 radical (unpaired) electrons. The second-order valence-electron chi connectivity index (χ2n) is 5.28. The molecule has 1 heterocycles. The first-order chi connectivity index (χ1) is 12.1. The second-order valence-corrected chi connectivity index (χ2v) is 7.17. The van der Waals surface area contributed by atoms with Gasteiger partial charge in [0.05, 0.1) is 16.3 Å². The highest BCUT2D eigenvalue weighted by Gasteiger charge is 2.12. The third-order valence-electron chi connectivity index (χ3n) is 3.61. The van der Waals surface area contributed by atoms with Crippen LogP contribution in [-0.2, 0) is 11.2 Å². The summed E-state index contributed by atoms with van der Waals surface area (Å²) in [4.78, 5) is 16.6. The van der Waals surface area contributed by atoms with Gasteiger partial charge in [0.1, 0.15) is 17.0 Å². The quantitative estimate of drug-likeness (QED) is 0.630. The van der Waals surface area contributed by atoms with Crippen LogP contribution < -0.4 is 14.8 Å². The number of rotatable bonds is 6. The van der Waals surface area contributed by atoms with E-state index in [1.54, 1.807) is 7.11 Å². The van der Waals surface area contributed by atoms with E-state index in [1.165, 1.54) is 16.9 Å². The lowest BCUT2D eigenvalue weighted by Crippen LogP contribution is -2.20. The highest BCUT2D eigenvalue weighted by atomic mass is 79.9. The fraction of sp³-hybridized carbons (Fsp3) is 0.222. The lowest BCUT2D eigenvalue weighted by atomic mass is 10.2. The first kappa shape index (κ1) is 17.7. The molecule has 1 amide bonds. The molecule has 0 saturated carbocycles. The number of anilines is 1. The van der Waals surface area contributed by atoms with Crippen LogP contribution in [0.3, 0.4) is 0 Å². The molecule has 2 aromatic carbocycles. The van der Waals surface area contributed by atoms with E-state index in [2.05, 4.69) is 33.2 Å². The number of carbonyl (C=O) groups excluding carboxylic acids is 1. The van der Waals surface area contributed by atoms with Gasteiger partial charge in [-0.15, -0.1) is 0 Å². The van der Waals surface area contributed by atoms with Crippen LogP contribution in [0.4, 0.5) is 5.13 Å². The fourth-order valence-electron chi connectivity index (χ4n) is 2.32. The highest BCUT2D eigenvalue weighted by molar-refractivity contribution is 9.10. The van der Waals surface area contributed by atoms with Crippen LogP contribution in [0.5, 0.6) is 11.5 Å². The molecule has 0 aliphatic rings. The molecule has 0 saturated heterocycles. The van der Waals surface area contributed by atoms with Gasteiger partial charge in [0, 0.05) is 0 Å². The van der Waals surface area contributed by atoms with Crippen LogP contribution in [0.15, 0.2) is 40.9 Å². The SMILES string of the molecule is CCc1ccc(OCC(=O)Nc2nc3c(OC)cccc3s2)c(Br)c1. The molecule has 1 aromatic heterocycles. The van der Waals surface area contributed by atoms with Gasteiger partial charge < -0.3 is 9.47 Å².